The van der Waals surface area contributed by atoms with E-state index in [0.29, 0.717) is 49.4 Å². The monoisotopic (exact) mass is 598 g/mol. The van der Waals surface area contributed by atoms with Crippen LogP contribution in [0.1, 0.15) is 45.6 Å². The molecule has 2 saturated heterocycles. The lowest BCUT2D eigenvalue weighted by atomic mass is 9.80. The SMILES string of the molecule is C/C(=C\c1cc(F)cc(N2CCNC2=O)c1)[C@H]1C(=O)C(=O)C[C@H](O)CC[C@H](C)[C@@H](OC(=O)N2CCN(C)CC2)/C=C/[C@@H]1C. The van der Waals surface area contributed by atoms with Crippen LogP contribution < -0.4 is 10.2 Å². The molecule has 5 atom stereocenters. The molecule has 10 nitrogen and oxygen atoms in total. The van der Waals surface area contributed by atoms with Gasteiger partial charge in [0.05, 0.1) is 12.0 Å². The Kier molecular flexibility index (Phi) is 10.7. The summed E-state index contributed by atoms with van der Waals surface area (Å²) >= 11 is 0. The number of amides is 3. The Hall–Kier alpha value is -3.57. The van der Waals surface area contributed by atoms with Crippen molar-refractivity contribution in [1.82, 2.24) is 15.1 Å². The quantitative estimate of drug-likeness (QED) is 0.401. The number of aliphatic hydroxyl groups excluding tert-OH is 1. The topological polar surface area (TPSA) is 119 Å². The maximum absolute atomic E-state index is 14.6. The predicted octanol–water partition coefficient (Wildman–Crippen LogP) is 3.64. The lowest BCUT2D eigenvalue weighted by molar-refractivity contribution is -0.140. The van der Waals surface area contributed by atoms with Gasteiger partial charge in [-0.1, -0.05) is 31.6 Å². The Morgan fingerprint density at radius 2 is 1.77 bits per heavy atom. The summed E-state index contributed by atoms with van der Waals surface area (Å²) in [7, 11) is 2.01. The molecule has 0 unspecified atom stereocenters. The minimum absolute atomic E-state index is 0.136. The molecule has 0 bridgehead atoms. The van der Waals surface area contributed by atoms with Crippen LogP contribution in [-0.2, 0) is 14.3 Å². The summed E-state index contributed by atoms with van der Waals surface area (Å²) < 4.78 is 20.5. The average molecular weight is 599 g/mol. The number of allylic oxidation sites excluding steroid dienone is 2. The number of urea groups is 1. The smallest absolute Gasteiger partial charge is 0.410 e. The van der Waals surface area contributed by atoms with Crippen LogP contribution in [0.15, 0.2) is 35.9 Å². The van der Waals surface area contributed by atoms with Crippen LogP contribution in [0.5, 0.6) is 0 Å². The van der Waals surface area contributed by atoms with Gasteiger partial charge >= 0.3 is 12.1 Å². The molecule has 2 aliphatic heterocycles. The molecule has 234 valence electrons. The zero-order valence-electron chi connectivity index (χ0n) is 25.4. The molecule has 2 N–H and O–H groups in total. The first-order valence-electron chi connectivity index (χ1n) is 15.0. The molecule has 43 heavy (non-hydrogen) atoms. The van der Waals surface area contributed by atoms with Crippen LogP contribution in [0.2, 0.25) is 0 Å². The van der Waals surface area contributed by atoms with Crippen LogP contribution in [0, 0.1) is 23.6 Å². The van der Waals surface area contributed by atoms with Gasteiger partial charge in [-0.15, -0.1) is 0 Å². The summed E-state index contributed by atoms with van der Waals surface area (Å²) in [5, 5.41) is 13.3. The first-order chi connectivity index (χ1) is 20.4. The van der Waals surface area contributed by atoms with Gasteiger partial charge in [0.25, 0.3) is 0 Å². The highest BCUT2D eigenvalue weighted by Gasteiger charge is 2.33. The maximum Gasteiger partial charge on any atom is 0.410 e. The highest BCUT2D eigenvalue weighted by Crippen LogP contribution is 2.30. The van der Waals surface area contributed by atoms with Crippen LogP contribution in [0.4, 0.5) is 19.7 Å². The normalized spacial score (nSPS) is 29.1. The molecule has 1 aliphatic carbocycles. The largest absolute Gasteiger partial charge is 0.442 e. The second kappa shape index (κ2) is 14.3. The number of ether oxygens (including phenoxy) is 1. The Labute approximate surface area is 252 Å². The molecule has 3 aliphatic rings. The highest BCUT2D eigenvalue weighted by atomic mass is 19.1. The molecule has 1 aromatic carbocycles. The third-order valence-corrected chi connectivity index (χ3v) is 8.58. The molecular formula is C32H43FN4O6. The molecule has 0 radical (unpaired) electrons. The Balaban J connectivity index is 1.62. The maximum atomic E-state index is 14.6. The molecule has 0 spiro atoms. The van der Waals surface area contributed by atoms with E-state index in [9.17, 15) is 28.7 Å². The third-order valence-electron chi connectivity index (χ3n) is 8.58. The number of piperazine rings is 1. The first kappa shape index (κ1) is 32.3. The molecule has 4 rings (SSSR count). The second-order valence-corrected chi connectivity index (χ2v) is 12.1. The summed E-state index contributed by atoms with van der Waals surface area (Å²) in [6, 6.07) is 3.94. The van der Waals surface area contributed by atoms with Gasteiger partial charge in [0, 0.05) is 51.4 Å². The van der Waals surface area contributed by atoms with Gasteiger partial charge in [-0.25, -0.2) is 14.0 Å². The molecule has 2 heterocycles. The fourth-order valence-electron chi connectivity index (χ4n) is 5.90. The average Bonchev–Trinajstić information content (AvgIpc) is 3.39. The van der Waals surface area contributed by atoms with Crippen molar-refractivity contribution in [3.8, 4) is 0 Å². The summed E-state index contributed by atoms with van der Waals surface area (Å²) in [4.78, 5) is 57.0. The number of carbonyl (C=O) groups excluding carboxylic acids is 4. The fourth-order valence-corrected chi connectivity index (χ4v) is 5.90. The number of ketones is 2. The van der Waals surface area contributed by atoms with Gasteiger partial charge in [-0.2, -0.15) is 0 Å². The van der Waals surface area contributed by atoms with Crippen LogP contribution in [-0.4, -0.2) is 97.1 Å². The summed E-state index contributed by atoms with van der Waals surface area (Å²) in [5.41, 5.74) is 1.37. The Bertz CT molecular complexity index is 1270. The fraction of sp³-hybridized carbons (Fsp3) is 0.562. The number of anilines is 1. The number of nitrogens with one attached hydrogen (secondary N) is 1. The van der Waals surface area contributed by atoms with E-state index in [-0.39, 0.29) is 24.8 Å². The zero-order valence-corrected chi connectivity index (χ0v) is 25.4. The molecule has 2 fully saturated rings. The van der Waals surface area contributed by atoms with E-state index in [0.717, 1.165) is 13.1 Å². The number of rotatable bonds is 4. The van der Waals surface area contributed by atoms with E-state index in [1.807, 2.05) is 20.9 Å². The molecule has 1 aromatic rings. The minimum atomic E-state index is -1.01. The van der Waals surface area contributed by atoms with Crippen molar-refractivity contribution in [2.45, 2.75) is 52.2 Å². The first-order valence-corrected chi connectivity index (χ1v) is 15.0. The molecule has 0 saturated carbocycles. The number of likely N-dealkylation sites (N-methyl/N-ethyl adjacent to an activating group) is 1. The molecule has 0 aromatic heterocycles. The number of carbonyl (C=O) groups is 4. The molecule has 11 heteroatoms. The standard InChI is InChI=1S/C32H43FN4O6/c1-20-5-7-26(38)19-27(39)30(40)29(21(2)6-8-28(20)43-32(42)36-13-11-35(4)12-14-36)22(3)15-23-16-24(33)18-25(17-23)37-10-9-34-31(37)41/h6,8,15-18,20-21,26,28-29,38H,5,7,9-14,19H2,1-4H3,(H,34,41)/b8-6+,22-15+/t20-,21-,26+,28-,29-/m0/s1. The molecular weight excluding hydrogens is 555 g/mol. The number of hydrogen-bond donors (Lipinski definition) is 2. The van der Waals surface area contributed by atoms with E-state index in [1.165, 1.54) is 17.0 Å². The molecule has 3 amide bonds. The second-order valence-electron chi connectivity index (χ2n) is 12.1. The Morgan fingerprint density at radius 1 is 1.05 bits per heavy atom. The number of hydrogen-bond acceptors (Lipinski definition) is 7. The lowest BCUT2D eigenvalue weighted by Gasteiger charge is -2.33. The summed E-state index contributed by atoms with van der Waals surface area (Å²) in [5.74, 6) is -3.33. The number of aliphatic hydroxyl groups is 1. The zero-order chi connectivity index (χ0) is 31.3. The van der Waals surface area contributed by atoms with E-state index < -0.39 is 47.5 Å². The number of benzene rings is 1. The van der Waals surface area contributed by atoms with E-state index >= 15 is 0 Å². The summed E-state index contributed by atoms with van der Waals surface area (Å²) in [6.07, 6.45) is 3.72. The number of Topliss-reactive ketones (excluding diaryl/α,β-unsaturated/α-hetero) is 2. The van der Waals surface area contributed by atoms with E-state index in [2.05, 4.69) is 10.2 Å². The van der Waals surface area contributed by atoms with Crippen molar-refractivity contribution >= 4 is 35.5 Å². The van der Waals surface area contributed by atoms with Gasteiger partial charge in [-0.05, 0) is 68.5 Å². The number of nitrogens with zero attached hydrogens (tertiary/aromatic N) is 3. The van der Waals surface area contributed by atoms with Crippen molar-refractivity contribution in [2.24, 2.45) is 17.8 Å². The van der Waals surface area contributed by atoms with Crippen molar-refractivity contribution in [2.75, 3.05) is 51.2 Å². The summed E-state index contributed by atoms with van der Waals surface area (Å²) in [6.45, 7) is 8.98. The van der Waals surface area contributed by atoms with Gasteiger partial charge in [-0.3, -0.25) is 14.5 Å². The predicted molar refractivity (Wildman–Crippen MR) is 161 cm³/mol. The third kappa shape index (κ3) is 8.29. The van der Waals surface area contributed by atoms with E-state index in [4.69, 9.17) is 4.74 Å². The Morgan fingerprint density at radius 3 is 2.44 bits per heavy atom. The van der Waals surface area contributed by atoms with Crippen molar-refractivity contribution in [1.29, 1.82) is 0 Å². The van der Waals surface area contributed by atoms with Gasteiger partial charge in [0.15, 0.2) is 0 Å². The lowest BCUT2D eigenvalue weighted by Crippen LogP contribution is -2.48. The number of halogens is 1. The van der Waals surface area contributed by atoms with Crippen LogP contribution >= 0.6 is 0 Å². The highest BCUT2D eigenvalue weighted by molar-refractivity contribution is 6.38. The van der Waals surface area contributed by atoms with Gasteiger partial charge < -0.3 is 25.0 Å². The van der Waals surface area contributed by atoms with Gasteiger partial charge in [0.2, 0.25) is 11.6 Å². The van der Waals surface area contributed by atoms with Crippen molar-refractivity contribution in [3.05, 3.63) is 47.3 Å². The van der Waals surface area contributed by atoms with Crippen molar-refractivity contribution < 1.29 is 33.4 Å². The van der Waals surface area contributed by atoms with E-state index in [1.54, 1.807) is 36.1 Å². The van der Waals surface area contributed by atoms with Crippen LogP contribution in [0.25, 0.3) is 6.08 Å². The minimum Gasteiger partial charge on any atom is -0.442 e. The van der Waals surface area contributed by atoms with Crippen molar-refractivity contribution in [3.63, 3.8) is 0 Å². The van der Waals surface area contributed by atoms with Gasteiger partial charge in [0.1, 0.15) is 11.9 Å². The van der Waals surface area contributed by atoms with Crippen LogP contribution in [0.3, 0.4) is 0 Å².